The molecular formula is C19H24N2O3. The van der Waals surface area contributed by atoms with Gasteiger partial charge in [0, 0.05) is 12.2 Å². The highest BCUT2D eigenvalue weighted by atomic mass is 16.5. The summed E-state index contributed by atoms with van der Waals surface area (Å²) in [4.78, 5) is 12.1. The van der Waals surface area contributed by atoms with Crippen LogP contribution in [0.1, 0.15) is 18.1 Å². The standard InChI is InChI=1S/C19H24N2O3/c1-14(21-17-5-3-4-16(12-17)13-22)19(23)20-11-10-15-6-8-18(24-2)9-7-15/h3-9,12,14,21-22H,10-11,13H2,1-2H3,(H,20,23). The van der Waals surface area contributed by atoms with Crippen LogP contribution in [0.15, 0.2) is 48.5 Å². The average molecular weight is 328 g/mol. The first-order chi connectivity index (χ1) is 11.6. The van der Waals surface area contributed by atoms with Gasteiger partial charge in [-0.2, -0.15) is 0 Å². The molecule has 1 amide bonds. The molecule has 5 heteroatoms. The van der Waals surface area contributed by atoms with Gasteiger partial charge in [0.2, 0.25) is 5.91 Å². The number of hydrogen-bond donors (Lipinski definition) is 3. The van der Waals surface area contributed by atoms with Crippen molar-refractivity contribution in [1.29, 1.82) is 0 Å². The molecule has 1 atom stereocenters. The second kappa shape index (κ2) is 8.93. The van der Waals surface area contributed by atoms with Gasteiger partial charge in [0.25, 0.3) is 0 Å². The highest BCUT2D eigenvalue weighted by Crippen LogP contribution is 2.12. The Morgan fingerprint density at radius 1 is 1.17 bits per heavy atom. The molecule has 0 heterocycles. The summed E-state index contributed by atoms with van der Waals surface area (Å²) < 4.78 is 5.12. The van der Waals surface area contributed by atoms with E-state index in [1.807, 2.05) is 55.5 Å². The molecule has 5 nitrogen and oxygen atoms in total. The van der Waals surface area contributed by atoms with Crippen LogP contribution in [0.3, 0.4) is 0 Å². The van der Waals surface area contributed by atoms with E-state index in [1.165, 1.54) is 0 Å². The molecule has 3 N–H and O–H groups in total. The molecule has 0 saturated heterocycles. The predicted octanol–water partition coefficient (Wildman–Crippen LogP) is 2.35. The van der Waals surface area contributed by atoms with Crippen molar-refractivity contribution < 1.29 is 14.6 Å². The van der Waals surface area contributed by atoms with Gasteiger partial charge in [-0.05, 0) is 48.7 Å². The van der Waals surface area contributed by atoms with Gasteiger partial charge in [0.05, 0.1) is 13.7 Å². The minimum absolute atomic E-state index is 0.0159. The van der Waals surface area contributed by atoms with Crippen molar-refractivity contribution in [2.45, 2.75) is 26.0 Å². The van der Waals surface area contributed by atoms with Crippen LogP contribution in [0.2, 0.25) is 0 Å². The fourth-order valence-electron chi connectivity index (χ4n) is 2.35. The molecule has 128 valence electrons. The van der Waals surface area contributed by atoms with Crippen LogP contribution in [0.25, 0.3) is 0 Å². The van der Waals surface area contributed by atoms with E-state index in [1.54, 1.807) is 7.11 Å². The number of rotatable bonds is 8. The van der Waals surface area contributed by atoms with Crippen molar-refractivity contribution in [1.82, 2.24) is 5.32 Å². The zero-order valence-electron chi connectivity index (χ0n) is 14.1. The van der Waals surface area contributed by atoms with Crippen LogP contribution in [0.5, 0.6) is 5.75 Å². The van der Waals surface area contributed by atoms with Gasteiger partial charge in [-0.1, -0.05) is 24.3 Å². The lowest BCUT2D eigenvalue weighted by Crippen LogP contribution is -2.38. The Labute approximate surface area is 142 Å². The second-order valence-corrected chi connectivity index (χ2v) is 5.61. The first-order valence-electron chi connectivity index (χ1n) is 7.99. The molecule has 2 rings (SSSR count). The fourth-order valence-corrected chi connectivity index (χ4v) is 2.35. The molecule has 2 aromatic carbocycles. The molecule has 0 bridgehead atoms. The average Bonchev–Trinajstić information content (AvgIpc) is 2.62. The Bertz CT molecular complexity index is 656. The number of amides is 1. The Kier molecular flexibility index (Phi) is 6.63. The number of hydrogen-bond acceptors (Lipinski definition) is 4. The van der Waals surface area contributed by atoms with E-state index in [2.05, 4.69) is 10.6 Å². The van der Waals surface area contributed by atoms with Crippen LogP contribution in [-0.4, -0.2) is 30.7 Å². The van der Waals surface area contributed by atoms with Gasteiger partial charge < -0.3 is 20.5 Å². The summed E-state index contributed by atoms with van der Waals surface area (Å²) in [7, 11) is 1.64. The summed E-state index contributed by atoms with van der Waals surface area (Å²) in [5.74, 6) is 0.767. The highest BCUT2D eigenvalue weighted by molar-refractivity contribution is 5.84. The third kappa shape index (κ3) is 5.28. The lowest BCUT2D eigenvalue weighted by atomic mass is 10.1. The van der Waals surface area contributed by atoms with Crippen LogP contribution in [0.4, 0.5) is 5.69 Å². The van der Waals surface area contributed by atoms with Gasteiger partial charge in [0.1, 0.15) is 11.8 Å². The highest BCUT2D eigenvalue weighted by Gasteiger charge is 2.12. The predicted molar refractivity (Wildman–Crippen MR) is 95.2 cm³/mol. The van der Waals surface area contributed by atoms with Crippen molar-refractivity contribution in [3.8, 4) is 5.75 Å². The summed E-state index contributed by atoms with van der Waals surface area (Å²) in [6.07, 6.45) is 0.766. The van der Waals surface area contributed by atoms with Crippen LogP contribution in [-0.2, 0) is 17.8 Å². The summed E-state index contributed by atoms with van der Waals surface area (Å²) >= 11 is 0. The number of methoxy groups -OCH3 is 1. The molecule has 1 unspecified atom stereocenters. The van der Waals surface area contributed by atoms with E-state index in [0.717, 1.165) is 29.0 Å². The van der Waals surface area contributed by atoms with E-state index in [0.29, 0.717) is 6.54 Å². The van der Waals surface area contributed by atoms with E-state index in [-0.39, 0.29) is 18.6 Å². The number of benzene rings is 2. The normalized spacial score (nSPS) is 11.6. The van der Waals surface area contributed by atoms with E-state index < -0.39 is 0 Å². The van der Waals surface area contributed by atoms with Crippen molar-refractivity contribution in [3.05, 3.63) is 59.7 Å². The molecule has 0 aliphatic heterocycles. The fraction of sp³-hybridized carbons (Fsp3) is 0.316. The largest absolute Gasteiger partial charge is 0.497 e. The second-order valence-electron chi connectivity index (χ2n) is 5.61. The van der Waals surface area contributed by atoms with E-state index in [9.17, 15) is 4.79 Å². The summed E-state index contributed by atoms with van der Waals surface area (Å²) in [6.45, 7) is 2.38. The SMILES string of the molecule is COc1ccc(CCNC(=O)C(C)Nc2cccc(CO)c2)cc1. The molecule has 24 heavy (non-hydrogen) atoms. The monoisotopic (exact) mass is 328 g/mol. The van der Waals surface area contributed by atoms with Gasteiger partial charge in [-0.15, -0.1) is 0 Å². The number of nitrogens with one attached hydrogen (secondary N) is 2. The first-order valence-corrected chi connectivity index (χ1v) is 7.99. The minimum atomic E-state index is -0.352. The lowest BCUT2D eigenvalue weighted by molar-refractivity contribution is -0.121. The topological polar surface area (TPSA) is 70.6 Å². The summed E-state index contributed by atoms with van der Waals surface area (Å²) in [5, 5.41) is 15.2. The molecule has 0 aliphatic rings. The number of carbonyl (C=O) groups excluding carboxylic acids is 1. The third-order valence-corrected chi connectivity index (χ3v) is 3.76. The summed E-state index contributed by atoms with van der Waals surface area (Å²) in [6, 6.07) is 14.9. The van der Waals surface area contributed by atoms with Crippen molar-refractivity contribution in [2.24, 2.45) is 0 Å². The number of aliphatic hydroxyl groups is 1. The first kappa shape index (κ1) is 17.8. The number of aliphatic hydroxyl groups excluding tert-OH is 1. The van der Waals surface area contributed by atoms with Gasteiger partial charge in [0.15, 0.2) is 0 Å². The van der Waals surface area contributed by atoms with E-state index in [4.69, 9.17) is 9.84 Å². The maximum atomic E-state index is 12.1. The number of ether oxygens (including phenoxy) is 1. The molecule has 0 spiro atoms. The zero-order valence-corrected chi connectivity index (χ0v) is 14.1. The van der Waals surface area contributed by atoms with Crippen molar-refractivity contribution in [2.75, 3.05) is 19.0 Å². The Hall–Kier alpha value is -2.53. The van der Waals surface area contributed by atoms with Crippen LogP contribution < -0.4 is 15.4 Å². The molecule has 0 aliphatic carbocycles. The Balaban J connectivity index is 1.78. The Morgan fingerprint density at radius 2 is 1.92 bits per heavy atom. The van der Waals surface area contributed by atoms with E-state index >= 15 is 0 Å². The number of anilines is 1. The maximum absolute atomic E-state index is 12.1. The zero-order chi connectivity index (χ0) is 17.4. The van der Waals surface area contributed by atoms with Gasteiger partial charge in [-0.25, -0.2) is 0 Å². The van der Waals surface area contributed by atoms with Crippen LogP contribution >= 0.6 is 0 Å². The third-order valence-electron chi connectivity index (χ3n) is 3.76. The molecular weight excluding hydrogens is 304 g/mol. The van der Waals surface area contributed by atoms with Crippen LogP contribution in [0, 0.1) is 0 Å². The molecule has 0 saturated carbocycles. The van der Waals surface area contributed by atoms with Crippen molar-refractivity contribution in [3.63, 3.8) is 0 Å². The quantitative estimate of drug-likeness (QED) is 0.696. The summed E-state index contributed by atoms with van der Waals surface area (Å²) in [5.41, 5.74) is 2.78. The Morgan fingerprint density at radius 3 is 2.58 bits per heavy atom. The van der Waals surface area contributed by atoms with Gasteiger partial charge in [-0.3, -0.25) is 4.79 Å². The van der Waals surface area contributed by atoms with Gasteiger partial charge >= 0.3 is 0 Å². The lowest BCUT2D eigenvalue weighted by Gasteiger charge is -2.16. The molecule has 0 aromatic heterocycles. The number of carbonyl (C=O) groups is 1. The maximum Gasteiger partial charge on any atom is 0.242 e. The van der Waals surface area contributed by atoms with Crippen molar-refractivity contribution >= 4 is 11.6 Å². The minimum Gasteiger partial charge on any atom is -0.497 e. The smallest absolute Gasteiger partial charge is 0.242 e. The molecule has 0 radical (unpaired) electrons. The molecule has 0 fully saturated rings. The molecule has 2 aromatic rings.